The van der Waals surface area contributed by atoms with Crippen LogP contribution in [0.2, 0.25) is 0 Å². The van der Waals surface area contributed by atoms with Crippen LogP contribution < -0.4 is 9.47 Å². The van der Waals surface area contributed by atoms with Crippen LogP contribution in [0.3, 0.4) is 0 Å². The smallest absolute Gasteiger partial charge is 0.293 e. The van der Waals surface area contributed by atoms with Gasteiger partial charge >= 0.3 is 0 Å². The molecule has 1 aromatic heterocycles. The fraction of sp³-hybridized carbons (Fsp3) is 0.167. The molecule has 0 radical (unpaired) electrons. The number of thioether (sulfide) groups is 1. The first-order valence-corrected chi connectivity index (χ1v) is 13.0. The molecule has 192 valence electrons. The van der Waals surface area contributed by atoms with Crippen molar-refractivity contribution >= 4 is 45.7 Å². The van der Waals surface area contributed by atoms with E-state index < -0.39 is 11.1 Å². The molecule has 0 atom stereocenters. The Kier molecular flexibility index (Phi) is 7.60. The SMILES string of the molecule is COc1ccccc1OCCCn1cc(/C=C2\SC(=O)N(CC(=O)c3ccccc3)C2=O)c2ccccc21. The summed E-state index contributed by atoms with van der Waals surface area (Å²) in [5, 5.41) is 0.535. The number of para-hydroxylation sites is 3. The van der Waals surface area contributed by atoms with E-state index in [1.165, 1.54) is 0 Å². The summed E-state index contributed by atoms with van der Waals surface area (Å²) in [6.07, 6.45) is 4.48. The summed E-state index contributed by atoms with van der Waals surface area (Å²) in [6, 6.07) is 24.1. The predicted octanol–water partition coefficient (Wildman–Crippen LogP) is 6.04. The summed E-state index contributed by atoms with van der Waals surface area (Å²) >= 11 is 0.859. The van der Waals surface area contributed by atoms with Crippen molar-refractivity contribution in [3.8, 4) is 11.5 Å². The van der Waals surface area contributed by atoms with Gasteiger partial charge < -0.3 is 14.0 Å². The monoisotopic (exact) mass is 526 g/mol. The first kappa shape index (κ1) is 25.4. The number of hydrogen-bond donors (Lipinski definition) is 0. The van der Waals surface area contributed by atoms with Gasteiger partial charge in [-0.05, 0) is 42.5 Å². The van der Waals surface area contributed by atoms with Gasteiger partial charge in [0.05, 0.1) is 25.2 Å². The highest BCUT2D eigenvalue weighted by molar-refractivity contribution is 8.18. The van der Waals surface area contributed by atoms with Crippen LogP contribution in [0.5, 0.6) is 11.5 Å². The molecule has 0 saturated carbocycles. The molecule has 7 nitrogen and oxygen atoms in total. The maximum Gasteiger partial charge on any atom is 0.293 e. The number of amides is 2. The van der Waals surface area contributed by atoms with Crippen molar-refractivity contribution in [3.05, 3.63) is 101 Å². The van der Waals surface area contributed by atoms with E-state index in [9.17, 15) is 14.4 Å². The molecule has 0 unspecified atom stereocenters. The van der Waals surface area contributed by atoms with Gasteiger partial charge in [0.25, 0.3) is 11.1 Å². The summed E-state index contributed by atoms with van der Waals surface area (Å²) in [6.45, 7) is 0.938. The van der Waals surface area contributed by atoms with Gasteiger partial charge in [0.2, 0.25) is 0 Å². The van der Waals surface area contributed by atoms with Crippen LogP contribution in [0.4, 0.5) is 4.79 Å². The standard InChI is InChI=1S/C30H26N2O5S/c1-36-26-14-7-8-15-27(26)37-17-9-16-31-19-22(23-12-5-6-13-24(23)31)18-28-29(34)32(30(35)38-28)20-25(33)21-10-3-2-4-11-21/h2-8,10-15,18-19H,9,16-17,20H2,1H3/b28-18-. The van der Waals surface area contributed by atoms with Crippen molar-refractivity contribution in [2.75, 3.05) is 20.3 Å². The Morgan fingerprint density at radius 2 is 1.63 bits per heavy atom. The van der Waals surface area contributed by atoms with Gasteiger partial charge in [0.15, 0.2) is 17.3 Å². The highest BCUT2D eigenvalue weighted by atomic mass is 32.2. The highest BCUT2D eigenvalue weighted by Gasteiger charge is 2.36. The normalized spacial score (nSPS) is 14.4. The number of rotatable bonds is 10. The number of benzene rings is 3. The molecule has 1 aliphatic heterocycles. The first-order valence-electron chi connectivity index (χ1n) is 12.2. The summed E-state index contributed by atoms with van der Waals surface area (Å²) in [7, 11) is 1.62. The molecule has 0 bridgehead atoms. The number of carbonyl (C=O) groups excluding carboxylic acids is 3. The van der Waals surface area contributed by atoms with Crippen LogP contribution in [0.25, 0.3) is 17.0 Å². The van der Waals surface area contributed by atoms with E-state index in [1.54, 1.807) is 37.5 Å². The molecule has 0 aliphatic carbocycles. The van der Waals surface area contributed by atoms with Gasteiger partial charge in [-0.25, -0.2) is 0 Å². The minimum absolute atomic E-state index is 0.277. The lowest BCUT2D eigenvalue weighted by Gasteiger charge is -2.11. The molecule has 38 heavy (non-hydrogen) atoms. The number of ketones is 1. The van der Waals surface area contributed by atoms with Crippen LogP contribution in [0.15, 0.2) is 90.0 Å². The zero-order valence-electron chi connectivity index (χ0n) is 20.8. The topological polar surface area (TPSA) is 77.8 Å². The summed E-state index contributed by atoms with van der Waals surface area (Å²) in [4.78, 5) is 39.6. The molecule has 8 heteroatoms. The quantitative estimate of drug-likeness (QED) is 0.142. The molecule has 1 aliphatic rings. The zero-order chi connectivity index (χ0) is 26.5. The Morgan fingerprint density at radius 1 is 0.921 bits per heavy atom. The van der Waals surface area contributed by atoms with E-state index in [0.29, 0.717) is 35.1 Å². The molecule has 5 rings (SSSR count). The van der Waals surface area contributed by atoms with Gasteiger partial charge in [0, 0.05) is 34.8 Å². The third-order valence-corrected chi connectivity index (χ3v) is 7.15. The van der Waals surface area contributed by atoms with E-state index >= 15 is 0 Å². The van der Waals surface area contributed by atoms with E-state index in [-0.39, 0.29) is 12.3 Å². The number of imide groups is 1. The number of Topliss-reactive ketones (excluding diaryl/α,β-unsaturated/α-hetero) is 1. The van der Waals surface area contributed by atoms with Crippen molar-refractivity contribution in [3.63, 3.8) is 0 Å². The van der Waals surface area contributed by atoms with E-state index in [2.05, 4.69) is 4.57 Å². The maximum absolute atomic E-state index is 13.1. The van der Waals surface area contributed by atoms with Crippen molar-refractivity contribution < 1.29 is 23.9 Å². The summed E-state index contributed by atoms with van der Waals surface area (Å²) in [5.41, 5.74) is 2.33. The largest absolute Gasteiger partial charge is 0.493 e. The molecular weight excluding hydrogens is 500 g/mol. The van der Waals surface area contributed by atoms with Gasteiger partial charge in [-0.1, -0.05) is 60.7 Å². The number of nitrogens with zero attached hydrogens (tertiary/aromatic N) is 2. The molecule has 4 aromatic rings. The van der Waals surface area contributed by atoms with Crippen LogP contribution in [-0.4, -0.2) is 46.7 Å². The van der Waals surface area contributed by atoms with Crippen molar-refractivity contribution in [2.45, 2.75) is 13.0 Å². The molecular formula is C30H26N2O5S. The number of carbonyl (C=O) groups is 3. The Balaban J connectivity index is 1.30. The summed E-state index contributed by atoms with van der Waals surface area (Å²) < 4.78 is 13.4. The third kappa shape index (κ3) is 5.35. The first-order chi connectivity index (χ1) is 18.5. The summed E-state index contributed by atoms with van der Waals surface area (Å²) in [5.74, 6) is 0.669. The lowest BCUT2D eigenvalue weighted by molar-refractivity contribution is -0.122. The van der Waals surface area contributed by atoms with E-state index in [1.807, 2.05) is 60.8 Å². The number of aromatic nitrogens is 1. The fourth-order valence-electron chi connectivity index (χ4n) is 4.37. The van der Waals surface area contributed by atoms with Crippen LogP contribution in [-0.2, 0) is 11.3 Å². The molecule has 2 amide bonds. The number of ether oxygens (including phenoxy) is 2. The highest BCUT2D eigenvalue weighted by Crippen LogP contribution is 2.34. The number of hydrogen-bond acceptors (Lipinski definition) is 6. The Morgan fingerprint density at radius 3 is 2.42 bits per heavy atom. The molecule has 1 fully saturated rings. The van der Waals surface area contributed by atoms with Crippen LogP contribution >= 0.6 is 11.8 Å². The Bertz CT molecular complexity index is 1530. The zero-order valence-corrected chi connectivity index (χ0v) is 21.6. The molecule has 0 N–H and O–H groups in total. The second kappa shape index (κ2) is 11.4. The number of fused-ring (bicyclic) bond motifs is 1. The third-order valence-electron chi connectivity index (χ3n) is 6.25. The molecule has 3 aromatic carbocycles. The van der Waals surface area contributed by atoms with Crippen molar-refractivity contribution in [2.24, 2.45) is 0 Å². The average Bonchev–Trinajstić information content (AvgIpc) is 3.43. The van der Waals surface area contributed by atoms with Crippen molar-refractivity contribution in [1.29, 1.82) is 0 Å². The van der Waals surface area contributed by atoms with E-state index in [0.717, 1.165) is 39.5 Å². The van der Waals surface area contributed by atoms with Gasteiger partial charge in [-0.2, -0.15) is 0 Å². The molecule has 1 saturated heterocycles. The Labute approximate surface area is 224 Å². The van der Waals surface area contributed by atoms with Gasteiger partial charge in [-0.3, -0.25) is 19.3 Å². The van der Waals surface area contributed by atoms with Crippen LogP contribution in [0.1, 0.15) is 22.3 Å². The fourth-order valence-corrected chi connectivity index (χ4v) is 5.20. The van der Waals surface area contributed by atoms with Gasteiger partial charge in [0.1, 0.15) is 0 Å². The van der Waals surface area contributed by atoms with Crippen LogP contribution in [0, 0.1) is 0 Å². The molecule has 2 heterocycles. The number of methoxy groups -OCH3 is 1. The maximum atomic E-state index is 13.1. The molecule has 0 spiro atoms. The Hall–Kier alpha value is -4.30. The second-order valence-electron chi connectivity index (χ2n) is 8.70. The van der Waals surface area contributed by atoms with E-state index in [4.69, 9.17) is 9.47 Å². The second-order valence-corrected chi connectivity index (χ2v) is 9.70. The minimum atomic E-state index is -0.452. The number of aryl methyl sites for hydroxylation is 1. The lowest BCUT2D eigenvalue weighted by atomic mass is 10.1. The lowest BCUT2D eigenvalue weighted by Crippen LogP contribution is -2.33. The van der Waals surface area contributed by atoms with Gasteiger partial charge in [-0.15, -0.1) is 0 Å². The minimum Gasteiger partial charge on any atom is -0.493 e. The average molecular weight is 527 g/mol. The van der Waals surface area contributed by atoms with Crippen molar-refractivity contribution in [1.82, 2.24) is 9.47 Å². The predicted molar refractivity (Wildman–Crippen MR) is 148 cm³/mol.